The Bertz CT molecular complexity index is 1110. The number of carbonyl (C=O) groups is 2. The van der Waals surface area contributed by atoms with Gasteiger partial charge in [0.25, 0.3) is 11.8 Å². The lowest BCUT2D eigenvalue weighted by atomic mass is 10.0. The van der Waals surface area contributed by atoms with Gasteiger partial charge in [-0.1, -0.05) is 31.0 Å². The zero-order valence-corrected chi connectivity index (χ0v) is 19.7. The molecule has 0 saturated heterocycles. The quantitative estimate of drug-likeness (QED) is 0.619. The number of fused-ring (bicyclic) bond motifs is 1. The van der Waals surface area contributed by atoms with Gasteiger partial charge in [-0.25, -0.2) is 0 Å². The SMILES string of the molecule is Cc1cc(C)cc(C(=O)NC(CC(C)C)c2nnc3n2CCN(C(=O)c2ccco2)CC3)c1. The molecule has 1 aromatic carbocycles. The zero-order chi connectivity index (χ0) is 23.5. The molecular formula is C25H31N5O3. The number of carbonyl (C=O) groups excluding carboxylic acids is 2. The highest BCUT2D eigenvalue weighted by Crippen LogP contribution is 2.23. The highest BCUT2D eigenvalue weighted by atomic mass is 16.3. The lowest BCUT2D eigenvalue weighted by molar-refractivity contribution is 0.0726. The lowest BCUT2D eigenvalue weighted by Crippen LogP contribution is -2.34. The number of aryl methyl sites for hydroxylation is 2. The standard InChI is InChI=1S/C25H31N5O3/c1-16(2)12-20(26-24(31)19-14-17(3)13-18(4)15-19)23-28-27-22-7-8-29(9-10-30(22)23)25(32)21-6-5-11-33-21/h5-6,11,13-16,20H,7-10,12H2,1-4H3,(H,26,31). The molecule has 1 N–H and O–H groups in total. The second-order valence-corrected chi connectivity index (χ2v) is 9.18. The van der Waals surface area contributed by atoms with E-state index in [0.717, 1.165) is 29.2 Å². The van der Waals surface area contributed by atoms with Crippen molar-refractivity contribution in [3.8, 4) is 0 Å². The Labute approximate surface area is 194 Å². The van der Waals surface area contributed by atoms with E-state index in [4.69, 9.17) is 4.42 Å². The van der Waals surface area contributed by atoms with Crippen LogP contribution in [0.15, 0.2) is 41.0 Å². The van der Waals surface area contributed by atoms with Gasteiger partial charge < -0.3 is 19.2 Å². The van der Waals surface area contributed by atoms with Gasteiger partial charge in [0.15, 0.2) is 11.6 Å². The van der Waals surface area contributed by atoms with Crippen LogP contribution in [0.5, 0.6) is 0 Å². The van der Waals surface area contributed by atoms with E-state index < -0.39 is 0 Å². The highest BCUT2D eigenvalue weighted by molar-refractivity contribution is 5.94. The summed E-state index contributed by atoms with van der Waals surface area (Å²) in [4.78, 5) is 27.6. The van der Waals surface area contributed by atoms with Crippen LogP contribution in [0.3, 0.4) is 0 Å². The molecule has 1 atom stereocenters. The van der Waals surface area contributed by atoms with Crippen LogP contribution in [0.1, 0.15) is 70.0 Å². The molecular weight excluding hydrogens is 418 g/mol. The van der Waals surface area contributed by atoms with Gasteiger partial charge in [-0.3, -0.25) is 9.59 Å². The molecule has 0 spiro atoms. The maximum absolute atomic E-state index is 13.1. The van der Waals surface area contributed by atoms with Gasteiger partial charge in [-0.05, 0) is 50.5 Å². The van der Waals surface area contributed by atoms with Crippen molar-refractivity contribution in [3.63, 3.8) is 0 Å². The number of aromatic nitrogens is 3. The summed E-state index contributed by atoms with van der Waals surface area (Å²) in [5.41, 5.74) is 2.75. The number of amides is 2. The van der Waals surface area contributed by atoms with E-state index in [1.807, 2.05) is 26.0 Å². The fourth-order valence-electron chi connectivity index (χ4n) is 4.41. The van der Waals surface area contributed by atoms with E-state index >= 15 is 0 Å². The fraction of sp³-hybridized carbons (Fsp3) is 0.440. The second-order valence-electron chi connectivity index (χ2n) is 9.18. The van der Waals surface area contributed by atoms with Crippen LogP contribution in [0.25, 0.3) is 0 Å². The van der Waals surface area contributed by atoms with E-state index in [-0.39, 0.29) is 17.9 Å². The first-order valence-corrected chi connectivity index (χ1v) is 11.5. The molecule has 3 heterocycles. The topological polar surface area (TPSA) is 93.3 Å². The van der Waals surface area contributed by atoms with Crippen molar-refractivity contribution in [2.24, 2.45) is 5.92 Å². The molecule has 4 rings (SSSR count). The number of hydrogen-bond donors (Lipinski definition) is 1. The Kier molecular flexibility index (Phi) is 6.62. The van der Waals surface area contributed by atoms with Crippen LogP contribution < -0.4 is 5.32 Å². The summed E-state index contributed by atoms with van der Waals surface area (Å²) in [7, 11) is 0. The predicted molar refractivity (Wildman–Crippen MR) is 124 cm³/mol. The third kappa shape index (κ3) is 5.16. The molecule has 0 fully saturated rings. The molecule has 33 heavy (non-hydrogen) atoms. The number of nitrogens with zero attached hydrogens (tertiary/aromatic N) is 4. The molecule has 3 aromatic rings. The summed E-state index contributed by atoms with van der Waals surface area (Å²) in [5, 5.41) is 12.1. The maximum atomic E-state index is 13.1. The average Bonchev–Trinajstić information content (AvgIpc) is 3.38. The minimum Gasteiger partial charge on any atom is -0.459 e. The molecule has 8 nitrogen and oxygen atoms in total. The summed E-state index contributed by atoms with van der Waals surface area (Å²) < 4.78 is 7.34. The van der Waals surface area contributed by atoms with E-state index in [9.17, 15) is 9.59 Å². The van der Waals surface area contributed by atoms with Gasteiger partial charge in [0.2, 0.25) is 0 Å². The Hall–Kier alpha value is -3.42. The first-order chi connectivity index (χ1) is 15.8. The number of hydrogen-bond acceptors (Lipinski definition) is 5. The molecule has 1 aliphatic heterocycles. The van der Waals surface area contributed by atoms with E-state index in [2.05, 4.69) is 40.0 Å². The summed E-state index contributed by atoms with van der Waals surface area (Å²) >= 11 is 0. The molecule has 0 saturated carbocycles. The van der Waals surface area contributed by atoms with Crippen molar-refractivity contribution in [1.82, 2.24) is 25.0 Å². The Morgan fingerprint density at radius 2 is 1.85 bits per heavy atom. The van der Waals surface area contributed by atoms with Crippen LogP contribution in [0.2, 0.25) is 0 Å². The van der Waals surface area contributed by atoms with Crippen molar-refractivity contribution >= 4 is 11.8 Å². The van der Waals surface area contributed by atoms with Gasteiger partial charge in [0.05, 0.1) is 12.3 Å². The summed E-state index contributed by atoms with van der Waals surface area (Å²) in [6, 6.07) is 8.98. The summed E-state index contributed by atoms with van der Waals surface area (Å²) in [6.45, 7) is 9.86. The van der Waals surface area contributed by atoms with Gasteiger partial charge >= 0.3 is 0 Å². The smallest absolute Gasteiger partial charge is 0.289 e. The van der Waals surface area contributed by atoms with Crippen LogP contribution >= 0.6 is 0 Å². The summed E-state index contributed by atoms with van der Waals surface area (Å²) in [6.07, 6.45) is 2.84. The molecule has 8 heteroatoms. The highest BCUT2D eigenvalue weighted by Gasteiger charge is 2.28. The van der Waals surface area contributed by atoms with Gasteiger partial charge in [-0.15, -0.1) is 10.2 Å². The first kappa shape index (κ1) is 22.8. The van der Waals surface area contributed by atoms with E-state index in [1.165, 1.54) is 6.26 Å². The number of furan rings is 1. The monoisotopic (exact) mass is 449 g/mol. The molecule has 174 valence electrons. The van der Waals surface area contributed by atoms with E-state index in [1.54, 1.807) is 17.0 Å². The minimum atomic E-state index is -0.271. The van der Waals surface area contributed by atoms with Crippen molar-refractivity contribution < 1.29 is 14.0 Å². The van der Waals surface area contributed by atoms with Gasteiger partial charge in [0.1, 0.15) is 5.82 Å². The minimum absolute atomic E-state index is 0.118. The zero-order valence-electron chi connectivity index (χ0n) is 19.7. The maximum Gasteiger partial charge on any atom is 0.289 e. The predicted octanol–water partition coefficient (Wildman–Crippen LogP) is 3.70. The van der Waals surface area contributed by atoms with Crippen molar-refractivity contribution in [2.75, 3.05) is 13.1 Å². The molecule has 1 unspecified atom stereocenters. The van der Waals surface area contributed by atoms with Crippen LogP contribution in [0, 0.1) is 19.8 Å². The van der Waals surface area contributed by atoms with Crippen LogP contribution in [-0.4, -0.2) is 44.6 Å². The Balaban J connectivity index is 1.55. The second kappa shape index (κ2) is 9.60. The molecule has 2 aromatic heterocycles. The van der Waals surface area contributed by atoms with Crippen molar-refractivity contribution in [3.05, 3.63) is 70.7 Å². The van der Waals surface area contributed by atoms with Gasteiger partial charge in [-0.2, -0.15) is 0 Å². The number of nitrogens with one attached hydrogen (secondary N) is 1. The normalized spacial score (nSPS) is 14.6. The van der Waals surface area contributed by atoms with Gasteiger partial charge in [0, 0.05) is 31.6 Å². The molecule has 1 aliphatic rings. The third-order valence-electron chi connectivity index (χ3n) is 5.88. The largest absolute Gasteiger partial charge is 0.459 e. The lowest BCUT2D eigenvalue weighted by Gasteiger charge is -2.22. The molecule has 0 aliphatic carbocycles. The molecule has 0 bridgehead atoms. The van der Waals surface area contributed by atoms with Crippen molar-refractivity contribution in [1.29, 1.82) is 0 Å². The Morgan fingerprint density at radius 1 is 1.09 bits per heavy atom. The van der Waals surface area contributed by atoms with Crippen LogP contribution in [0.4, 0.5) is 0 Å². The number of benzene rings is 1. The van der Waals surface area contributed by atoms with Crippen molar-refractivity contribution in [2.45, 2.75) is 53.1 Å². The average molecular weight is 450 g/mol. The van der Waals surface area contributed by atoms with Crippen LogP contribution in [-0.2, 0) is 13.0 Å². The van der Waals surface area contributed by atoms with E-state index in [0.29, 0.717) is 43.3 Å². The molecule has 0 radical (unpaired) electrons. The third-order valence-corrected chi connectivity index (χ3v) is 5.88. The fourth-order valence-corrected chi connectivity index (χ4v) is 4.41. The Morgan fingerprint density at radius 3 is 2.52 bits per heavy atom. The first-order valence-electron chi connectivity index (χ1n) is 11.5. The summed E-state index contributed by atoms with van der Waals surface area (Å²) in [5.74, 6) is 2.02. The number of rotatable bonds is 6. The molecule has 2 amide bonds.